The lowest BCUT2D eigenvalue weighted by molar-refractivity contribution is -0.115. The molecule has 0 saturated carbocycles. The molecule has 0 radical (unpaired) electrons. The van der Waals surface area contributed by atoms with E-state index in [9.17, 15) is 4.79 Å². The van der Waals surface area contributed by atoms with Crippen LogP contribution in [0.5, 0.6) is 11.5 Å². The highest BCUT2D eigenvalue weighted by molar-refractivity contribution is 7.13. The number of nitrogens with one attached hydrogen (secondary N) is 1. The second kappa shape index (κ2) is 7.94. The van der Waals surface area contributed by atoms with Gasteiger partial charge in [-0.2, -0.15) is 0 Å². The van der Waals surface area contributed by atoms with Crippen LogP contribution >= 0.6 is 22.9 Å². The maximum Gasteiger partial charge on any atom is 0.230 e. The van der Waals surface area contributed by atoms with Gasteiger partial charge in [0.05, 0.1) is 41.7 Å². The summed E-state index contributed by atoms with van der Waals surface area (Å²) in [6.07, 6.45) is 2.67. The molecule has 1 aromatic carbocycles. The highest BCUT2D eigenvalue weighted by Gasteiger charge is 2.16. The average Bonchev–Trinajstić information content (AvgIpc) is 3.01. The number of halogens is 1. The number of nitrogens with zero attached hydrogens (tertiary/aromatic N) is 2. The summed E-state index contributed by atoms with van der Waals surface area (Å²) in [5.74, 6) is 0.970. The molecule has 4 rings (SSSR count). The average molecular weight is 402 g/mol. The molecule has 1 N–H and O–H groups in total. The summed E-state index contributed by atoms with van der Waals surface area (Å²) in [4.78, 5) is 21.2. The Labute approximate surface area is 165 Å². The first-order chi connectivity index (χ1) is 13.2. The van der Waals surface area contributed by atoms with Crippen molar-refractivity contribution in [2.75, 3.05) is 18.5 Å². The summed E-state index contributed by atoms with van der Waals surface area (Å²) in [6.45, 7) is 1.15. The minimum absolute atomic E-state index is 0.147. The first kappa shape index (κ1) is 17.8. The maximum atomic E-state index is 12.4. The minimum atomic E-state index is -0.204. The molecule has 27 heavy (non-hydrogen) atoms. The van der Waals surface area contributed by atoms with E-state index >= 15 is 0 Å². The van der Waals surface area contributed by atoms with Crippen LogP contribution in [-0.4, -0.2) is 29.1 Å². The predicted octanol–water partition coefficient (Wildman–Crippen LogP) is 4.20. The van der Waals surface area contributed by atoms with Crippen LogP contribution in [0.4, 0.5) is 5.69 Å². The van der Waals surface area contributed by atoms with Crippen molar-refractivity contribution in [3.8, 4) is 22.2 Å². The molecule has 0 unspecified atom stereocenters. The molecule has 1 amide bonds. The summed E-state index contributed by atoms with van der Waals surface area (Å²) in [5, 5.41) is 5.87. The van der Waals surface area contributed by atoms with Crippen molar-refractivity contribution in [1.82, 2.24) is 9.97 Å². The van der Waals surface area contributed by atoms with Gasteiger partial charge in [0, 0.05) is 30.1 Å². The summed E-state index contributed by atoms with van der Waals surface area (Å²) >= 11 is 7.73. The highest BCUT2D eigenvalue weighted by atomic mass is 35.5. The number of benzene rings is 1. The Kier molecular flexibility index (Phi) is 5.22. The van der Waals surface area contributed by atoms with Gasteiger partial charge in [-0.15, -0.1) is 11.3 Å². The van der Waals surface area contributed by atoms with Crippen molar-refractivity contribution in [3.05, 3.63) is 52.6 Å². The number of aromatic nitrogens is 2. The lowest BCUT2D eigenvalue weighted by Crippen LogP contribution is -2.15. The van der Waals surface area contributed by atoms with Crippen molar-refractivity contribution < 1.29 is 14.3 Å². The lowest BCUT2D eigenvalue weighted by atomic mass is 10.2. The molecule has 0 fully saturated rings. The van der Waals surface area contributed by atoms with Gasteiger partial charge in [0.25, 0.3) is 0 Å². The molecular formula is C19H16ClN3O3S. The van der Waals surface area contributed by atoms with E-state index in [0.29, 0.717) is 41.1 Å². The Bertz CT molecular complexity index is 962. The normalized spacial score (nSPS) is 13.1. The smallest absolute Gasteiger partial charge is 0.230 e. The zero-order valence-electron chi connectivity index (χ0n) is 14.3. The van der Waals surface area contributed by atoms with Gasteiger partial charge in [0.2, 0.25) is 5.91 Å². The third kappa shape index (κ3) is 4.20. The van der Waals surface area contributed by atoms with Crippen molar-refractivity contribution in [2.24, 2.45) is 0 Å². The van der Waals surface area contributed by atoms with Crippen LogP contribution in [0, 0.1) is 0 Å². The zero-order valence-corrected chi connectivity index (χ0v) is 15.8. The molecule has 0 bridgehead atoms. The van der Waals surface area contributed by atoms with Gasteiger partial charge in [0.1, 0.15) is 5.01 Å². The Morgan fingerprint density at radius 1 is 1.22 bits per heavy atom. The fraction of sp³-hybridized carbons (Fsp3) is 0.211. The van der Waals surface area contributed by atoms with Crippen LogP contribution in [0.3, 0.4) is 0 Å². The number of ether oxygens (including phenoxy) is 2. The first-order valence-corrected chi connectivity index (χ1v) is 9.69. The van der Waals surface area contributed by atoms with E-state index in [2.05, 4.69) is 15.3 Å². The van der Waals surface area contributed by atoms with Crippen LogP contribution < -0.4 is 14.8 Å². The molecule has 1 aliphatic rings. The number of rotatable bonds is 4. The van der Waals surface area contributed by atoms with Gasteiger partial charge < -0.3 is 14.8 Å². The van der Waals surface area contributed by atoms with Crippen LogP contribution in [0.25, 0.3) is 10.7 Å². The van der Waals surface area contributed by atoms with Crippen molar-refractivity contribution in [2.45, 2.75) is 12.8 Å². The Balaban J connectivity index is 1.46. The number of fused-ring (bicyclic) bond motifs is 1. The molecule has 8 heteroatoms. The number of thiazole rings is 1. The van der Waals surface area contributed by atoms with Crippen LogP contribution in [0.1, 0.15) is 12.1 Å². The maximum absolute atomic E-state index is 12.4. The quantitative estimate of drug-likeness (QED) is 0.709. The van der Waals surface area contributed by atoms with Gasteiger partial charge in [-0.25, -0.2) is 4.98 Å². The molecule has 138 valence electrons. The summed E-state index contributed by atoms with van der Waals surface area (Å²) in [6, 6.07) is 9.01. The largest absolute Gasteiger partial charge is 0.490 e. The molecule has 2 aromatic heterocycles. The lowest BCUT2D eigenvalue weighted by Gasteiger charge is -2.12. The van der Waals surface area contributed by atoms with Gasteiger partial charge in [0.15, 0.2) is 11.5 Å². The number of hydrogen-bond acceptors (Lipinski definition) is 6. The van der Waals surface area contributed by atoms with E-state index in [1.54, 1.807) is 18.3 Å². The Morgan fingerprint density at radius 2 is 2.04 bits per heavy atom. The van der Waals surface area contributed by atoms with E-state index in [1.165, 1.54) is 11.3 Å². The van der Waals surface area contributed by atoms with Crippen molar-refractivity contribution in [1.29, 1.82) is 0 Å². The molecule has 0 atom stereocenters. The van der Waals surface area contributed by atoms with Crippen molar-refractivity contribution >= 4 is 34.5 Å². The number of anilines is 1. The van der Waals surface area contributed by atoms with Gasteiger partial charge >= 0.3 is 0 Å². The third-order valence-corrected chi connectivity index (χ3v) is 5.12. The SMILES string of the molecule is O=C(Cc1csc(-c2ccccn2)n1)Nc1cc2c(cc1Cl)OCCCO2. The highest BCUT2D eigenvalue weighted by Crippen LogP contribution is 2.37. The molecule has 6 nitrogen and oxygen atoms in total. The molecule has 3 heterocycles. The predicted molar refractivity (Wildman–Crippen MR) is 105 cm³/mol. The molecule has 0 saturated heterocycles. The third-order valence-electron chi connectivity index (χ3n) is 3.89. The molecule has 0 spiro atoms. The topological polar surface area (TPSA) is 73.3 Å². The van der Waals surface area contributed by atoms with E-state index in [0.717, 1.165) is 17.1 Å². The monoisotopic (exact) mass is 401 g/mol. The standard InChI is InChI=1S/C19H16ClN3O3S/c20-13-9-16-17(26-7-3-6-25-16)10-15(13)23-18(24)8-12-11-27-19(22-12)14-4-1-2-5-21-14/h1-2,4-5,9-11H,3,6-8H2,(H,23,24). The Hall–Kier alpha value is -2.64. The van der Waals surface area contributed by atoms with Crippen LogP contribution in [-0.2, 0) is 11.2 Å². The molecule has 1 aliphatic heterocycles. The molecule has 3 aromatic rings. The number of amides is 1. The Morgan fingerprint density at radius 3 is 2.81 bits per heavy atom. The second-order valence-electron chi connectivity index (χ2n) is 5.91. The zero-order chi connectivity index (χ0) is 18.6. The van der Waals surface area contributed by atoms with E-state index < -0.39 is 0 Å². The van der Waals surface area contributed by atoms with E-state index in [4.69, 9.17) is 21.1 Å². The number of carbonyl (C=O) groups excluding carboxylic acids is 1. The minimum Gasteiger partial charge on any atom is -0.490 e. The summed E-state index contributed by atoms with van der Waals surface area (Å²) < 4.78 is 11.2. The molecular weight excluding hydrogens is 386 g/mol. The first-order valence-electron chi connectivity index (χ1n) is 8.44. The second-order valence-corrected chi connectivity index (χ2v) is 7.18. The van der Waals surface area contributed by atoms with Gasteiger partial charge in [-0.1, -0.05) is 17.7 Å². The summed E-state index contributed by atoms with van der Waals surface area (Å²) in [5.41, 5.74) is 1.97. The van der Waals surface area contributed by atoms with E-state index in [-0.39, 0.29) is 12.3 Å². The summed E-state index contributed by atoms with van der Waals surface area (Å²) in [7, 11) is 0. The fourth-order valence-electron chi connectivity index (χ4n) is 2.63. The van der Waals surface area contributed by atoms with Gasteiger partial charge in [-0.3, -0.25) is 9.78 Å². The number of carbonyl (C=O) groups is 1. The van der Waals surface area contributed by atoms with Crippen molar-refractivity contribution in [3.63, 3.8) is 0 Å². The van der Waals surface area contributed by atoms with Crippen LogP contribution in [0.2, 0.25) is 5.02 Å². The van der Waals surface area contributed by atoms with Gasteiger partial charge in [-0.05, 0) is 12.1 Å². The van der Waals surface area contributed by atoms with Crippen LogP contribution in [0.15, 0.2) is 41.9 Å². The number of hydrogen-bond donors (Lipinski definition) is 1. The molecule has 0 aliphatic carbocycles. The number of pyridine rings is 1. The van der Waals surface area contributed by atoms with E-state index in [1.807, 2.05) is 23.6 Å². The fourth-order valence-corrected chi connectivity index (χ4v) is 3.63.